The Kier molecular flexibility index (Phi) is 35.6. The quantitative estimate of drug-likeness (QED) is 0.0310. The Morgan fingerprint density at radius 3 is 1.45 bits per heavy atom. The monoisotopic (exact) mass is 1300 g/mol. The van der Waals surface area contributed by atoms with Crippen LogP contribution in [0.3, 0.4) is 0 Å². The number of unbranched alkanes of at least 4 members (excludes halogenated alkanes) is 2. The van der Waals surface area contributed by atoms with E-state index in [4.69, 9.17) is 56.8 Å². The molecule has 25 nitrogen and oxygen atoms in total. The maximum Gasteiger partial charge on any atom is 0.303 e. The average molecular weight is 1310 g/mol. The van der Waals surface area contributed by atoms with Crippen molar-refractivity contribution in [3.8, 4) is 0 Å². The number of benzene rings is 2. The van der Waals surface area contributed by atoms with Gasteiger partial charge in [-0.25, -0.2) is 8.42 Å². The van der Waals surface area contributed by atoms with Crippen LogP contribution in [0.25, 0.3) is 0 Å². The fraction of sp³-hybridized carbons (Fsp3) is 0.633. The van der Waals surface area contributed by atoms with E-state index in [-0.39, 0.29) is 57.3 Å². The van der Waals surface area contributed by atoms with E-state index in [2.05, 4.69) is 4.58 Å². The lowest BCUT2D eigenvalue weighted by molar-refractivity contribution is -0.438. The number of anilines is 1. The van der Waals surface area contributed by atoms with Crippen molar-refractivity contribution < 1.29 is 110 Å². The Morgan fingerprint density at radius 2 is 0.989 bits per heavy atom. The molecule has 0 aromatic heterocycles. The van der Waals surface area contributed by atoms with Gasteiger partial charge in [-0.2, -0.15) is 21.4 Å². The maximum absolute atomic E-state index is 12.5. The lowest BCUT2D eigenvalue weighted by Crippen LogP contribution is -2.33. The number of rotatable bonds is 52. The van der Waals surface area contributed by atoms with Gasteiger partial charge in [0, 0.05) is 81.3 Å². The zero-order chi connectivity index (χ0) is 64.2. The Balaban J connectivity index is 1.50. The van der Waals surface area contributed by atoms with Crippen molar-refractivity contribution in [2.24, 2.45) is 0 Å². The minimum Gasteiger partial charge on any atom is -0.744 e. The molecular weight excluding hydrogens is 1210 g/mol. The Morgan fingerprint density at radius 1 is 0.545 bits per heavy atom. The van der Waals surface area contributed by atoms with Crippen LogP contribution in [-0.2, 0) is 103 Å². The average Bonchev–Trinajstić information content (AvgIpc) is 1.66. The van der Waals surface area contributed by atoms with Crippen LogP contribution in [0.15, 0.2) is 94.4 Å². The van der Waals surface area contributed by atoms with E-state index in [1.165, 1.54) is 30.3 Å². The van der Waals surface area contributed by atoms with Crippen molar-refractivity contribution in [3.63, 3.8) is 0 Å². The van der Waals surface area contributed by atoms with Crippen LogP contribution in [0.2, 0.25) is 0 Å². The third-order valence-corrected chi connectivity index (χ3v) is 16.8. The zero-order valence-corrected chi connectivity index (χ0v) is 53.7. The molecule has 0 saturated heterocycles. The first-order valence-electron chi connectivity index (χ1n) is 29.5. The smallest absolute Gasteiger partial charge is 0.303 e. The fourth-order valence-corrected chi connectivity index (χ4v) is 11.3. The molecule has 2 unspecified atom stereocenters. The number of allylic oxidation sites excluding steroid dienone is 8. The number of hydrogen-bond donors (Lipinski definition) is 3. The summed E-state index contributed by atoms with van der Waals surface area (Å²) in [5.41, 5.74) is 2.08. The number of aliphatic carboxylic acids is 1. The molecule has 3 N–H and O–H groups in total. The normalized spacial score (nSPS) is 17.7. The summed E-state index contributed by atoms with van der Waals surface area (Å²) in [6.45, 7) is 12.8. The summed E-state index contributed by atoms with van der Waals surface area (Å²) in [6.07, 6.45) is 15.1. The number of nitrogens with zero attached hydrogens (tertiary/aromatic N) is 2. The van der Waals surface area contributed by atoms with Gasteiger partial charge in [0.05, 0.1) is 153 Å². The highest BCUT2D eigenvalue weighted by molar-refractivity contribution is 7.86. The molecular formula is C60H92N2O23S3. The van der Waals surface area contributed by atoms with Crippen LogP contribution in [-0.4, -0.2) is 239 Å². The topological polar surface area (TPSA) is 320 Å². The second kappa shape index (κ2) is 41.1. The molecule has 2 aromatic rings. The molecule has 2 aromatic carbocycles. The summed E-state index contributed by atoms with van der Waals surface area (Å²) >= 11 is 0. The van der Waals surface area contributed by atoms with Crippen LogP contribution in [0.5, 0.6) is 0 Å². The van der Waals surface area contributed by atoms with E-state index in [9.17, 15) is 48.8 Å². The standard InChI is InChI=1S/C60H92N2O23S3/c1-59(21-25-76-31-33-80-39-41-84-45-43-82-37-35-78-29-27-74-3)52-48-50(87(68,69)70)17-19-54(52)61(23-12-8-11-16-58(63)64)56(59)14-9-6-5-7-10-15-57-60(2,22-26-77-32-34-81-40-42-85-46-44-83-38-36-79-30-28-75-4)53-49-51(88(71,72)73)18-20-55(53)62(57)24-13-47-86(65,66)67/h5-7,9-10,14-15,17-20,48-49H,8,11-13,16,21-47H2,1-4H3,(H3-,63,64,65,66,67,68,69,70,71,72,73). The number of fused-ring (bicyclic) bond motifs is 2. The highest BCUT2D eigenvalue weighted by Gasteiger charge is 2.48. The Hall–Kier alpha value is -4.41. The van der Waals surface area contributed by atoms with Crippen molar-refractivity contribution in [1.82, 2.24) is 0 Å². The minimum atomic E-state index is -4.88. The van der Waals surface area contributed by atoms with Gasteiger partial charge in [0.2, 0.25) is 5.69 Å². The Labute approximate surface area is 519 Å². The highest BCUT2D eigenvalue weighted by Crippen LogP contribution is 2.51. The second-order valence-corrected chi connectivity index (χ2v) is 25.1. The lowest BCUT2D eigenvalue weighted by atomic mass is 9.76. The minimum absolute atomic E-state index is 0.0106. The molecule has 0 spiro atoms. The molecule has 88 heavy (non-hydrogen) atoms. The third kappa shape index (κ3) is 27.6. The molecule has 2 heterocycles. The molecule has 0 saturated carbocycles. The fourth-order valence-electron chi connectivity index (χ4n) is 9.80. The van der Waals surface area contributed by atoms with E-state index >= 15 is 0 Å². The largest absolute Gasteiger partial charge is 0.744 e. The van der Waals surface area contributed by atoms with Gasteiger partial charge in [0.15, 0.2) is 5.71 Å². The summed E-state index contributed by atoms with van der Waals surface area (Å²) in [6, 6.07) is 8.56. The van der Waals surface area contributed by atoms with E-state index < -0.39 is 57.8 Å². The van der Waals surface area contributed by atoms with Crippen molar-refractivity contribution in [1.29, 1.82) is 0 Å². The molecule has 0 radical (unpaired) electrons. The first-order valence-corrected chi connectivity index (χ1v) is 33.9. The van der Waals surface area contributed by atoms with Crippen LogP contribution in [0.4, 0.5) is 11.4 Å². The van der Waals surface area contributed by atoms with Gasteiger partial charge in [-0.1, -0.05) is 30.4 Å². The number of ether oxygens (including phenoxy) is 12. The van der Waals surface area contributed by atoms with E-state index in [0.29, 0.717) is 173 Å². The Bertz CT molecular complexity index is 2900. The van der Waals surface area contributed by atoms with Crippen molar-refractivity contribution in [3.05, 3.63) is 95.8 Å². The van der Waals surface area contributed by atoms with Gasteiger partial charge in [-0.15, -0.1) is 0 Å². The number of carboxylic acid groups (broad SMARTS) is 1. The summed E-state index contributed by atoms with van der Waals surface area (Å²) in [4.78, 5) is 12.5. The van der Waals surface area contributed by atoms with Crippen molar-refractivity contribution in [2.75, 3.05) is 183 Å². The summed E-state index contributed by atoms with van der Waals surface area (Å²) in [7, 11) is -10.6. The van der Waals surface area contributed by atoms with E-state index in [0.717, 1.165) is 11.4 Å². The third-order valence-electron chi connectivity index (χ3n) is 14.3. The van der Waals surface area contributed by atoms with Crippen molar-refractivity contribution in [2.45, 2.75) is 79.4 Å². The summed E-state index contributed by atoms with van der Waals surface area (Å²) in [5, 5.41) is 9.29. The highest BCUT2D eigenvalue weighted by atomic mass is 32.2. The van der Waals surface area contributed by atoms with Crippen LogP contribution in [0, 0.1) is 0 Å². The van der Waals surface area contributed by atoms with Crippen LogP contribution in [0.1, 0.15) is 69.9 Å². The maximum atomic E-state index is 12.5. The molecule has 2 aliphatic rings. The first-order chi connectivity index (χ1) is 42.2. The van der Waals surface area contributed by atoms with E-state index in [1.807, 2.05) is 37.0 Å². The zero-order valence-electron chi connectivity index (χ0n) is 51.3. The van der Waals surface area contributed by atoms with Crippen LogP contribution >= 0.6 is 0 Å². The summed E-state index contributed by atoms with van der Waals surface area (Å²) < 4.78 is 174. The molecule has 0 fully saturated rings. The van der Waals surface area contributed by atoms with E-state index in [1.54, 1.807) is 44.6 Å². The first kappa shape index (κ1) is 76.0. The van der Waals surface area contributed by atoms with Gasteiger partial charge in [-0.05, 0) is 87.9 Å². The lowest BCUT2D eigenvalue weighted by Gasteiger charge is -2.30. The van der Waals surface area contributed by atoms with Gasteiger partial charge >= 0.3 is 5.97 Å². The van der Waals surface area contributed by atoms with Gasteiger partial charge in [0.25, 0.3) is 20.2 Å². The van der Waals surface area contributed by atoms with Gasteiger partial charge < -0.3 is 71.4 Å². The number of carbonyl (C=O) groups is 1. The number of methoxy groups -OCH3 is 2. The second-order valence-electron chi connectivity index (χ2n) is 20.8. The molecule has 0 amide bonds. The van der Waals surface area contributed by atoms with Crippen LogP contribution < -0.4 is 4.90 Å². The summed E-state index contributed by atoms with van der Waals surface area (Å²) in [5.74, 6) is -1.43. The molecule has 28 heteroatoms. The molecule has 2 atom stereocenters. The molecule has 498 valence electrons. The van der Waals surface area contributed by atoms with Gasteiger partial charge in [0.1, 0.15) is 16.7 Å². The molecule has 0 bridgehead atoms. The van der Waals surface area contributed by atoms with Crippen molar-refractivity contribution >= 4 is 53.4 Å². The predicted octanol–water partition coefficient (Wildman–Crippen LogP) is 5.69. The predicted molar refractivity (Wildman–Crippen MR) is 326 cm³/mol. The number of hydrogen-bond acceptors (Lipinski definition) is 21. The molecule has 4 rings (SSSR count). The molecule has 0 aliphatic carbocycles. The molecule has 2 aliphatic heterocycles. The SMILES string of the molecule is COCCOCCOCCOCCOCCOCCC1(C)C(=CC=CC=CC=CC2=[N+](CCCCCC(=O)O)c3ccc(S(=O)(=O)O)cc3C2(C)CCOCCOCCOCCOCCOCCOC)N(CCCS(=O)(=O)O)c2ccc(S(=O)(=O)[O-])cc21. The number of carboxylic acids is 1. The van der Waals surface area contributed by atoms with Gasteiger partial charge in [-0.3, -0.25) is 13.9 Å².